The standard InChI is InChI=1S/C27H22ClN7O11S3/c1-46-17-5-9-20(21(12-17)48(40,41)42)34-35-24-22(49(43,44)45)11-14-10-16(4-8-19(14)25(24)36)29-13-23-31-26(28)33-27(32-23)30-15-2-6-18(7-3-15)47(37,38)39/h2-12,29,36H,13H2,1H3,(H,37,38,39)(H,40,41,42)(H,43,44,45)(H,30,31,32,33). The zero-order valence-corrected chi connectivity index (χ0v) is 27.7. The largest absolute Gasteiger partial charge is 0.505 e. The lowest BCUT2D eigenvalue weighted by Gasteiger charge is -2.12. The van der Waals surface area contributed by atoms with Gasteiger partial charge in [-0.2, -0.15) is 35.2 Å². The molecular weight excluding hydrogens is 730 g/mol. The quantitative estimate of drug-likeness (QED) is 0.0772. The van der Waals surface area contributed by atoms with Crippen LogP contribution in [0.3, 0.4) is 0 Å². The van der Waals surface area contributed by atoms with Crippen molar-refractivity contribution in [2.75, 3.05) is 17.7 Å². The van der Waals surface area contributed by atoms with Gasteiger partial charge in [-0.1, -0.05) is 0 Å². The van der Waals surface area contributed by atoms with E-state index < -0.39 is 57.3 Å². The molecular formula is C27H22ClN7O11S3. The first kappa shape index (κ1) is 35.3. The van der Waals surface area contributed by atoms with Gasteiger partial charge in [0.1, 0.15) is 26.9 Å². The topological polar surface area (TPSA) is 280 Å². The van der Waals surface area contributed by atoms with Crippen molar-refractivity contribution in [2.24, 2.45) is 10.2 Å². The molecule has 0 saturated heterocycles. The second-order valence-electron chi connectivity index (χ2n) is 9.81. The van der Waals surface area contributed by atoms with Crippen molar-refractivity contribution >= 4 is 81.4 Å². The van der Waals surface area contributed by atoms with Crippen molar-refractivity contribution in [1.29, 1.82) is 0 Å². The summed E-state index contributed by atoms with van der Waals surface area (Å²) in [6, 6.07) is 13.8. The Labute approximate surface area is 282 Å². The second-order valence-corrected chi connectivity index (χ2v) is 14.4. The van der Waals surface area contributed by atoms with E-state index >= 15 is 0 Å². The Kier molecular flexibility index (Phi) is 9.70. The maximum Gasteiger partial charge on any atom is 0.296 e. The first-order valence-electron chi connectivity index (χ1n) is 13.3. The molecule has 0 saturated carbocycles. The molecule has 0 aliphatic heterocycles. The van der Waals surface area contributed by atoms with Crippen molar-refractivity contribution in [3.8, 4) is 11.5 Å². The van der Waals surface area contributed by atoms with E-state index in [2.05, 4.69) is 35.8 Å². The van der Waals surface area contributed by atoms with E-state index in [9.17, 15) is 39.5 Å². The van der Waals surface area contributed by atoms with Crippen LogP contribution in [0, 0.1) is 0 Å². The molecule has 0 aliphatic carbocycles. The molecule has 0 unspecified atom stereocenters. The summed E-state index contributed by atoms with van der Waals surface area (Å²) in [6.45, 7) is -0.0362. The molecule has 256 valence electrons. The van der Waals surface area contributed by atoms with Gasteiger partial charge in [-0.05, 0) is 77.7 Å². The van der Waals surface area contributed by atoms with Crippen molar-refractivity contribution in [1.82, 2.24) is 15.0 Å². The van der Waals surface area contributed by atoms with Gasteiger partial charge >= 0.3 is 0 Å². The predicted octanol–water partition coefficient (Wildman–Crippen LogP) is 4.90. The summed E-state index contributed by atoms with van der Waals surface area (Å²) in [5, 5.41) is 24.3. The Hall–Kier alpha value is -5.03. The summed E-state index contributed by atoms with van der Waals surface area (Å²) in [4.78, 5) is 10.4. The van der Waals surface area contributed by atoms with Crippen molar-refractivity contribution in [3.05, 3.63) is 77.8 Å². The summed E-state index contributed by atoms with van der Waals surface area (Å²) in [5.41, 5.74) is -0.374. The molecule has 0 aliphatic rings. The number of nitrogens with one attached hydrogen (secondary N) is 2. The van der Waals surface area contributed by atoms with Gasteiger partial charge in [-0.3, -0.25) is 13.7 Å². The number of fused-ring (bicyclic) bond motifs is 1. The van der Waals surface area contributed by atoms with Crippen LogP contribution in [0.15, 0.2) is 91.6 Å². The third-order valence-corrected chi connectivity index (χ3v) is 9.33. The number of nitrogens with zero attached hydrogens (tertiary/aromatic N) is 5. The molecule has 0 fully saturated rings. The highest BCUT2D eigenvalue weighted by Gasteiger charge is 2.23. The van der Waals surface area contributed by atoms with Crippen molar-refractivity contribution < 1.29 is 48.8 Å². The summed E-state index contributed by atoms with van der Waals surface area (Å²) in [5.74, 6) is -0.494. The molecule has 0 radical (unpaired) electrons. The number of azo groups is 1. The Morgan fingerprint density at radius 2 is 1.45 bits per heavy atom. The molecule has 0 spiro atoms. The molecule has 22 heteroatoms. The van der Waals surface area contributed by atoms with Crippen molar-refractivity contribution in [2.45, 2.75) is 21.2 Å². The molecule has 18 nitrogen and oxygen atoms in total. The van der Waals surface area contributed by atoms with E-state index in [1.165, 1.54) is 55.6 Å². The number of ether oxygens (including phenoxy) is 1. The number of benzene rings is 4. The third kappa shape index (κ3) is 8.34. The summed E-state index contributed by atoms with van der Waals surface area (Å²) in [6.07, 6.45) is 0. The van der Waals surface area contributed by atoms with Gasteiger partial charge in [-0.15, -0.1) is 10.2 Å². The van der Waals surface area contributed by atoms with Gasteiger partial charge in [0.2, 0.25) is 11.2 Å². The molecule has 0 bridgehead atoms. The van der Waals surface area contributed by atoms with E-state index in [4.69, 9.17) is 20.9 Å². The van der Waals surface area contributed by atoms with Gasteiger partial charge in [0.25, 0.3) is 30.4 Å². The molecule has 5 rings (SSSR count). The van der Waals surface area contributed by atoms with Crippen LogP contribution >= 0.6 is 11.6 Å². The maximum absolute atomic E-state index is 12.3. The fourth-order valence-corrected chi connectivity index (χ4v) is 6.27. The van der Waals surface area contributed by atoms with Crippen LogP contribution < -0.4 is 15.4 Å². The molecule has 49 heavy (non-hydrogen) atoms. The third-order valence-electron chi connectivity index (χ3n) is 6.54. The normalized spacial score (nSPS) is 12.3. The number of methoxy groups -OCH3 is 1. The highest BCUT2D eigenvalue weighted by atomic mass is 35.5. The van der Waals surface area contributed by atoms with Gasteiger partial charge in [0.05, 0.1) is 18.6 Å². The first-order valence-corrected chi connectivity index (χ1v) is 18.0. The molecule has 1 heterocycles. The predicted molar refractivity (Wildman–Crippen MR) is 174 cm³/mol. The lowest BCUT2D eigenvalue weighted by Crippen LogP contribution is -2.08. The van der Waals surface area contributed by atoms with Crippen LogP contribution in [0.1, 0.15) is 5.82 Å². The number of phenolic OH excluding ortho intramolecular Hbond substituents is 1. The number of hydrogen-bond acceptors (Lipinski definition) is 15. The molecule has 6 N–H and O–H groups in total. The van der Waals surface area contributed by atoms with Crippen LogP contribution in [-0.2, 0) is 36.9 Å². The van der Waals surface area contributed by atoms with Gasteiger partial charge < -0.3 is 20.5 Å². The molecule has 1 aromatic heterocycles. The number of rotatable bonds is 11. The van der Waals surface area contributed by atoms with E-state index in [1.807, 2.05) is 0 Å². The lowest BCUT2D eigenvalue weighted by molar-refractivity contribution is 0.412. The Morgan fingerprint density at radius 1 is 0.776 bits per heavy atom. The second kappa shape index (κ2) is 13.5. The van der Waals surface area contributed by atoms with E-state index in [-0.39, 0.29) is 45.0 Å². The minimum Gasteiger partial charge on any atom is -0.505 e. The van der Waals surface area contributed by atoms with Crippen LogP contribution in [-0.4, -0.2) is 66.1 Å². The van der Waals surface area contributed by atoms with Crippen LogP contribution in [0.4, 0.5) is 28.7 Å². The van der Waals surface area contributed by atoms with Gasteiger partial charge in [0.15, 0.2) is 11.6 Å². The molecule has 5 aromatic rings. The number of halogens is 1. The van der Waals surface area contributed by atoms with Crippen molar-refractivity contribution in [3.63, 3.8) is 0 Å². The Morgan fingerprint density at radius 3 is 2.08 bits per heavy atom. The zero-order valence-electron chi connectivity index (χ0n) is 24.5. The van der Waals surface area contributed by atoms with Crippen LogP contribution in [0.5, 0.6) is 11.5 Å². The lowest BCUT2D eigenvalue weighted by atomic mass is 10.1. The fraction of sp³-hybridized carbons (Fsp3) is 0.0741. The number of anilines is 3. The SMILES string of the molecule is COc1ccc(N=Nc2c(S(=O)(=O)O)cc3cc(NCc4nc(Cl)nc(Nc5ccc(S(=O)(=O)O)cc5)n4)ccc3c2O)c(S(=O)(=O)O)c1. The Bertz CT molecular complexity index is 2470. The van der Waals surface area contributed by atoms with E-state index in [0.29, 0.717) is 11.4 Å². The number of aromatic nitrogens is 3. The van der Waals surface area contributed by atoms with Crippen LogP contribution in [0.25, 0.3) is 10.8 Å². The summed E-state index contributed by atoms with van der Waals surface area (Å²) < 4.78 is 105. The molecule has 4 aromatic carbocycles. The highest BCUT2D eigenvalue weighted by molar-refractivity contribution is 7.86. The fourth-order valence-electron chi connectivity index (χ4n) is 4.32. The van der Waals surface area contributed by atoms with Crippen LogP contribution in [0.2, 0.25) is 5.28 Å². The minimum atomic E-state index is -5.03. The first-order chi connectivity index (χ1) is 22.9. The molecule has 0 amide bonds. The maximum atomic E-state index is 12.3. The summed E-state index contributed by atoms with van der Waals surface area (Å²) in [7, 11) is -13.0. The summed E-state index contributed by atoms with van der Waals surface area (Å²) >= 11 is 6.05. The van der Waals surface area contributed by atoms with E-state index in [0.717, 1.165) is 18.2 Å². The average molecular weight is 752 g/mol. The van der Waals surface area contributed by atoms with Gasteiger partial charge in [-0.25, -0.2) is 4.98 Å². The average Bonchev–Trinajstić information content (AvgIpc) is 3.02. The van der Waals surface area contributed by atoms with Gasteiger partial charge in [0, 0.05) is 22.8 Å². The minimum absolute atomic E-state index is 0.0117. The zero-order chi connectivity index (χ0) is 35.7. The monoisotopic (exact) mass is 751 g/mol. The smallest absolute Gasteiger partial charge is 0.296 e. The number of phenols is 1. The van der Waals surface area contributed by atoms with E-state index in [1.54, 1.807) is 0 Å². The molecule has 0 atom stereocenters. The number of aromatic hydroxyl groups is 1. The highest BCUT2D eigenvalue weighted by Crippen LogP contribution is 2.42. The number of hydrogen-bond donors (Lipinski definition) is 6. The Balaban J connectivity index is 1.42.